The monoisotopic (exact) mass is 1700 g/mol. The molecule has 5 aromatic heterocycles. The first-order valence-corrected chi connectivity index (χ1v) is 47.4. The lowest BCUT2D eigenvalue weighted by atomic mass is 9.81. The molecule has 0 bridgehead atoms. The average Bonchev–Trinajstić information content (AvgIpc) is 1.58. The quantitative estimate of drug-likeness (QED) is 0.0967. The topological polar surface area (TPSA) is 19.4 Å². The molecule has 6 heteroatoms. The molecule has 2 aliphatic carbocycles. The highest BCUT2D eigenvalue weighted by Gasteiger charge is 2.37. The fraction of sp³-hybridized carbons (Fsp3) is 0.309. The molecule has 5 heterocycles. The summed E-state index contributed by atoms with van der Waals surface area (Å²) in [7, 11) is 10.7. The summed E-state index contributed by atoms with van der Waals surface area (Å²) in [6.45, 7) is 41.9. The van der Waals surface area contributed by atoms with Gasteiger partial charge in [-0.25, -0.2) is 27.2 Å². The standard InChI is InChI=1S/C30H32N.C25H26N.C23H27FN.C23H28N.C22H24N/c1-19(2)15-21-11-12-23-22(17-21)13-14-31(6)29(23)25-18-28-26(16-20(25)3)24-9-7-8-10-27(24)30(28,4)5;1-17(2)13-19-9-10-23-22(15-19)11-12-26(4)25(23)24-16-21-8-6-5-7-20(21)14-18(24)3;1-14(2)11-18-7-8-20-19(13-18)9-10-25(6)23(20)21-12-15(3)22(24)17(5)16(21)4;1-15(2)11-19-7-8-21-20(14-19)9-10-24(6)23(21)22-13-16(3)12-17(4)18(22)5;1-16-7-3-6-10-20(16)22-21-12-11-18(17-8-4-5-9-17)15-19(21)13-14-23(22)2/h7-14,16-19H,15H2,1-6H3;5-12,14-17H,13H2,1-4H3;7-10,12-14H,11H2,1-6H3;7-10,12-15H,11H2,1-6H3;3,6-7,10-15,17H,4-5,8-9H2,1-2H3/q5*+1. The van der Waals surface area contributed by atoms with Crippen LogP contribution in [0.1, 0.15) is 190 Å². The summed E-state index contributed by atoms with van der Waals surface area (Å²) in [5.74, 6) is 3.34. The number of benzene rings is 12. The maximum Gasteiger partial charge on any atom is 0.220 e. The number of aryl methyl sites for hydroxylation is 11. The predicted octanol–water partition coefficient (Wildman–Crippen LogP) is 29.5. The summed E-state index contributed by atoms with van der Waals surface area (Å²) < 4.78 is 25.5. The Hall–Kier alpha value is -12.1. The third-order valence-corrected chi connectivity index (χ3v) is 27.6. The zero-order chi connectivity index (χ0) is 91.7. The molecule has 0 unspecified atom stereocenters. The van der Waals surface area contributed by atoms with Crippen LogP contribution in [-0.4, -0.2) is 0 Å². The first-order valence-electron chi connectivity index (χ1n) is 47.4. The van der Waals surface area contributed by atoms with Gasteiger partial charge < -0.3 is 0 Å². The van der Waals surface area contributed by atoms with Gasteiger partial charge >= 0.3 is 0 Å². The number of hydrogen-bond donors (Lipinski definition) is 0. The lowest BCUT2D eigenvalue weighted by Crippen LogP contribution is -2.31. The van der Waals surface area contributed by atoms with E-state index in [1.165, 1.54) is 219 Å². The van der Waals surface area contributed by atoms with Gasteiger partial charge in [0, 0.05) is 41.3 Å². The van der Waals surface area contributed by atoms with E-state index in [1.54, 1.807) is 0 Å². The van der Waals surface area contributed by atoms with Crippen molar-refractivity contribution in [3.05, 3.63) is 362 Å². The molecule has 0 atom stereocenters. The van der Waals surface area contributed by atoms with Gasteiger partial charge in [0.15, 0.2) is 31.0 Å². The Morgan fingerprint density at radius 2 is 0.651 bits per heavy atom. The van der Waals surface area contributed by atoms with Crippen molar-refractivity contribution in [1.29, 1.82) is 0 Å². The molecule has 19 rings (SSSR count). The van der Waals surface area contributed by atoms with Crippen LogP contribution < -0.4 is 22.8 Å². The summed E-state index contributed by atoms with van der Waals surface area (Å²) in [6, 6.07) is 88.2. The summed E-state index contributed by atoms with van der Waals surface area (Å²) in [5.41, 5.74) is 36.1. The Kier molecular flexibility index (Phi) is 27.5. The van der Waals surface area contributed by atoms with E-state index in [1.807, 2.05) is 26.8 Å². The predicted molar refractivity (Wildman–Crippen MR) is 546 cm³/mol. The number of halogens is 1. The van der Waals surface area contributed by atoms with E-state index < -0.39 is 0 Å². The second kappa shape index (κ2) is 38.7. The van der Waals surface area contributed by atoms with Gasteiger partial charge in [-0.05, 0) is 323 Å². The Morgan fingerprint density at radius 3 is 1.10 bits per heavy atom. The molecule has 17 aromatic rings. The molecular weight excluding hydrogens is 1570 g/mol. The summed E-state index contributed by atoms with van der Waals surface area (Å²) >= 11 is 0. The molecule has 1 saturated carbocycles. The van der Waals surface area contributed by atoms with Gasteiger partial charge in [-0.15, -0.1) is 0 Å². The third kappa shape index (κ3) is 19.5. The van der Waals surface area contributed by atoms with Crippen molar-refractivity contribution >= 4 is 64.6 Å². The highest BCUT2D eigenvalue weighted by Crippen LogP contribution is 2.51. The maximum absolute atomic E-state index is 14.3. The van der Waals surface area contributed by atoms with Crippen LogP contribution in [-0.2, 0) is 66.3 Å². The molecule has 0 N–H and O–H groups in total. The zero-order valence-electron chi connectivity index (χ0n) is 81.6. The molecule has 129 heavy (non-hydrogen) atoms. The van der Waals surface area contributed by atoms with E-state index in [9.17, 15) is 4.39 Å². The van der Waals surface area contributed by atoms with E-state index in [2.05, 4.69) is 430 Å². The third-order valence-electron chi connectivity index (χ3n) is 27.6. The van der Waals surface area contributed by atoms with Gasteiger partial charge in [-0.3, -0.25) is 0 Å². The molecule has 5 nitrogen and oxygen atoms in total. The lowest BCUT2D eigenvalue weighted by molar-refractivity contribution is -0.659. The fourth-order valence-corrected chi connectivity index (χ4v) is 20.8. The van der Waals surface area contributed by atoms with Crippen LogP contribution in [0, 0.1) is 91.8 Å². The normalized spacial score (nSPS) is 12.8. The van der Waals surface area contributed by atoms with Crippen molar-refractivity contribution < 1.29 is 27.2 Å². The maximum atomic E-state index is 14.3. The highest BCUT2D eigenvalue weighted by molar-refractivity contribution is 6.00. The molecule has 2 aliphatic rings. The molecule has 1 fully saturated rings. The number of pyridine rings is 5. The Morgan fingerprint density at radius 1 is 0.287 bits per heavy atom. The smallest absolute Gasteiger partial charge is 0.206 e. The second-order valence-electron chi connectivity index (χ2n) is 40.1. The molecule has 0 radical (unpaired) electrons. The van der Waals surface area contributed by atoms with Crippen LogP contribution in [0.25, 0.3) is 132 Å². The van der Waals surface area contributed by atoms with Gasteiger partial charge in [-0.2, -0.15) is 0 Å². The van der Waals surface area contributed by atoms with Gasteiger partial charge in [0.2, 0.25) is 28.5 Å². The van der Waals surface area contributed by atoms with Gasteiger partial charge in [-0.1, -0.05) is 233 Å². The average molecular weight is 1700 g/mol. The van der Waals surface area contributed by atoms with Crippen LogP contribution in [0.5, 0.6) is 0 Å². The van der Waals surface area contributed by atoms with Gasteiger partial charge in [0.25, 0.3) is 0 Å². The van der Waals surface area contributed by atoms with E-state index in [-0.39, 0.29) is 11.2 Å². The van der Waals surface area contributed by atoms with Gasteiger partial charge in [0.05, 0.1) is 49.2 Å². The summed E-state index contributed by atoms with van der Waals surface area (Å²) in [5, 5.41) is 15.7. The zero-order valence-corrected chi connectivity index (χ0v) is 81.6. The summed E-state index contributed by atoms with van der Waals surface area (Å²) in [6.07, 6.45) is 20.8. The molecule has 12 aromatic carbocycles. The summed E-state index contributed by atoms with van der Waals surface area (Å²) in [4.78, 5) is 0. The number of rotatable bonds is 14. The van der Waals surface area contributed by atoms with Crippen LogP contribution >= 0.6 is 0 Å². The highest BCUT2D eigenvalue weighted by atomic mass is 19.1. The fourth-order valence-electron chi connectivity index (χ4n) is 20.8. The Balaban J connectivity index is 0.000000124. The largest absolute Gasteiger partial charge is 0.220 e. The van der Waals surface area contributed by atoms with Crippen molar-refractivity contribution in [1.82, 2.24) is 0 Å². The van der Waals surface area contributed by atoms with Crippen molar-refractivity contribution in [3.63, 3.8) is 0 Å². The van der Waals surface area contributed by atoms with E-state index in [0.717, 1.165) is 54.0 Å². The van der Waals surface area contributed by atoms with Crippen LogP contribution in [0.2, 0.25) is 0 Å². The molecule has 0 aliphatic heterocycles. The second-order valence-corrected chi connectivity index (χ2v) is 40.1. The molecule has 656 valence electrons. The molecule has 0 amide bonds. The molecule has 0 spiro atoms. The molecule has 0 saturated heterocycles. The van der Waals surface area contributed by atoms with Gasteiger partial charge in [0.1, 0.15) is 41.1 Å². The first-order chi connectivity index (χ1) is 61.7. The number of fused-ring (bicyclic) bond motifs is 9. The van der Waals surface area contributed by atoms with Crippen LogP contribution in [0.4, 0.5) is 4.39 Å². The first kappa shape index (κ1) is 91.6. The molecular formula is C123H137FN5+5. The minimum Gasteiger partial charge on any atom is -0.206 e. The SMILES string of the molecule is Cc1cc(-c2c3ccc(CC(C)C)cc3cc[n+]2C)c(C)c(C)c1F.Cc1cc(C)c(C)c(-c2c3ccc(CC(C)C)cc3cc[n+]2C)c1.Cc1cc2c(cc1-c1c3ccc(CC(C)C)cc3cc[n+]1C)C(C)(C)c1ccccc1-2.Cc1cc2ccccc2cc1-c1c2ccc(CC(C)C)cc2cc[n+]1C.Cc1ccccc1-c1c2ccc(C3CCCC3)cc2cc[n+]1C. The van der Waals surface area contributed by atoms with Crippen LogP contribution in [0.3, 0.4) is 0 Å². The minimum atomic E-state index is -0.0941. The number of hydrogen-bond acceptors (Lipinski definition) is 0. The van der Waals surface area contributed by atoms with Crippen molar-refractivity contribution in [3.8, 4) is 67.4 Å². The Labute approximate surface area is 769 Å². The van der Waals surface area contributed by atoms with Crippen molar-refractivity contribution in [2.75, 3.05) is 0 Å². The Bertz CT molecular complexity index is 7100. The van der Waals surface area contributed by atoms with Crippen molar-refractivity contribution in [2.24, 2.45) is 58.9 Å². The van der Waals surface area contributed by atoms with Crippen LogP contribution in [0.15, 0.2) is 268 Å². The van der Waals surface area contributed by atoms with Crippen molar-refractivity contribution in [2.45, 2.75) is 194 Å². The van der Waals surface area contributed by atoms with E-state index >= 15 is 0 Å². The van der Waals surface area contributed by atoms with E-state index in [4.69, 9.17) is 0 Å². The van der Waals surface area contributed by atoms with E-state index in [0.29, 0.717) is 29.2 Å². The minimum absolute atomic E-state index is 0.0158. The number of nitrogens with zero attached hydrogens (tertiary/aromatic N) is 5. The number of aromatic nitrogens is 5. The lowest BCUT2D eigenvalue weighted by Gasteiger charge is -2.22.